The molecule has 0 saturated heterocycles. The van der Waals surface area contributed by atoms with Crippen LogP contribution in [0.1, 0.15) is 95.7 Å². The van der Waals surface area contributed by atoms with Gasteiger partial charge in [0.2, 0.25) is 5.91 Å². The fraction of sp³-hybridized carbons (Fsp3) is 0.739. The van der Waals surface area contributed by atoms with Gasteiger partial charge in [-0.2, -0.15) is 0 Å². The molecule has 1 rings (SSSR count). The zero-order chi connectivity index (χ0) is 24.2. The number of aldehydes is 1. The van der Waals surface area contributed by atoms with Crippen LogP contribution in [-0.4, -0.2) is 47.9 Å². The number of hydrogen-bond donors (Lipinski definition) is 0. The molecule has 8 heteroatoms. The average molecular weight is 457 g/mol. The maximum Gasteiger partial charge on any atom is 0.303 e. The third-order valence-electron chi connectivity index (χ3n) is 5.40. The number of carbonyl (C=O) groups excluding carboxylic acids is 3. The number of carbonyl (C=O) groups is 3. The highest BCUT2D eigenvalue weighted by atomic mass is 32.1. The predicted octanol–water partition coefficient (Wildman–Crippen LogP) is 5.26. The fourth-order valence-electron chi connectivity index (χ4n) is 3.52. The summed E-state index contributed by atoms with van der Waals surface area (Å²) in [6.07, 6.45) is 2.68. The van der Waals surface area contributed by atoms with Crippen molar-refractivity contribution in [2.24, 2.45) is 11.8 Å². The highest BCUT2D eigenvalue weighted by molar-refractivity contribution is 7.09. The zero-order valence-electron chi connectivity index (χ0n) is 20.6. The van der Waals surface area contributed by atoms with Crippen LogP contribution in [0.4, 0.5) is 0 Å². The van der Waals surface area contributed by atoms with Crippen molar-refractivity contribution in [3.63, 3.8) is 0 Å². The molecule has 7 nitrogen and oxygen atoms in total. The van der Waals surface area contributed by atoms with Gasteiger partial charge in [0.1, 0.15) is 16.4 Å². The first-order valence-electron chi connectivity index (χ1n) is 11.0. The Bertz CT molecular complexity index is 691. The Morgan fingerprint density at radius 2 is 1.94 bits per heavy atom. The van der Waals surface area contributed by atoms with Gasteiger partial charge in [0, 0.05) is 38.8 Å². The van der Waals surface area contributed by atoms with Crippen LogP contribution in [0.15, 0.2) is 5.38 Å². The first kappa shape index (κ1) is 29.2. The number of hydrogen-bond acceptors (Lipinski definition) is 7. The molecule has 0 saturated carbocycles. The number of unbranched alkanes of at least 4 members (excludes halogenated alkanes) is 1. The van der Waals surface area contributed by atoms with E-state index in [1.54, 1.807) is 24.4 Å². The van der Waals surface area contributed by atoms with E-state index in [9.17, 15) is 14.4 Å². The third-order valence-corrected chi connectivity index (χ3v) is 6.36. The minimum atomic E-state index is -0.887. The van der Waals surface area contributed by atoms with E-state index in [1.807, 2.05) is 27.7 Å². The van der Waals surface area contributed by atoms with Gasteiger partial charge < -0.3 is 14.4 Å². The van der Waals surface area contributed by atoms with Crippen molar-refractivity contribution in [1.29, 1.82) is 0 Å². The monoisotopic (exact) mass is 456 g/mol. The highest BCUT2D eigenvalue weighted by Gasteiger charge is 2.44. The summed E-state index contributed by atoms with van der Waals surface area (Å²) < 4.78 is 11.4. The number of nitrogens with zero attached hydrogens (tertiary/aromatic N) is 2. The molecule has 0 bridgehead atoms. The molecule has 0 aliphatic rings. The normalized spacial score (nSPS) is 14.6. The molecule has 1 aromatic heterocycles. The van der Waals surface area contributed by atoms with Crippen LogP contribution in [0, 0.1) is 11.8 Å². The first-order chi connectivity index (χ1) is 14.6. The van der Waals surface area contributed by atoms with Gasteiger partial charge in [0.25, 0.3) is 0 Å². The standard InChI is InChI=1S/C21H34N2O5S.C2H6/c1-8-9-10-19(26)23(6)21(5,27-7)17(14(2)3)11-18(28-15(4)25)20-22-16(12-24)13-29-20;1-2/h12-14,17-18H,8-11H2,1-7H3;1-2H3. The van der Waals surface area contributed by atoms with Gasteiger partial charge in [-0.15, -0.1) is 11.3 Å². The van der Waals surface area contributed by atoms with Crippen LogP contribution in [-0.2, 0) is 19.1 Å². The Labute approximate surface area is 191 Å². The average Bonchev–Trinajstić information content (AvgIpc) is 3.24. The number of esters is 1. The molecule has 0 N–H and O–H groups in total. The van der Waals surface area contributed by atoms with Crippen molar-refractivity contribution in [2.75, 3.05) is 14.2 Å². The van der Waals surface area contributed by atoms with Crippen molar-refractivity contribution in [2.45, 2.75) is 86.0 Å². The van der Waals surface area contributed by atoms with E-state index in [4.69, 9.17) is 9.47 Å². The van der Waals surface area contributed by atoms with Crippen molar-refractivity contribution in [1.82, 2.24) is 9.88 Å². The lowest BCUT2D eigenvalue weighted by atomic mass is 9.80. The summed E-state index contributed by atoms with van der Waals surface area (Å²) in [4.78, 5) is 41.4. The van der Waals surface area contributed by atoms with Crippen molar-refractivity contribution in [3.05, 3.63) is 16.1 Å². The maximum absolute atomic E-state index is 12.7. The van der Waals surface area contributed by atoms with Crippen molar-refractivity contribution < 1.29 is 23.9 Å². The van der Waals surface area contributed by atoms with E-state index in [-0.39, 0.29) is 17.7 Å². The predicted molar refractivity (Wildman–Crippen MR) is 124 cm³/mol. The van der Waals surface area contributed by atoms with Crippen LogP contribution >= 0.6 is 11.3 Å². The topological polar surface area (TPSA) is 85.8 Å². The van der Waals surface area contributed by atoms with E-state index in [2.05, 4.69) is 18.8 Å². The largest absolute Gasteiger partial charge is 0.455 e. The second-order valence-electron chi connectivity index (χ2n) is 7.73. The molecule has 31 heavy (non-hydrogen) atoms. The van der Waals surface area contributed by atoms with Gasteiger partial charge in [-0.1, -0.05) is 41.0 Å². The zero-order valence-corrected chi connectivity index (χ0v) is 21.4. The minimum absolute atomic E-state index is 0.0170. The minimum Gasteiger partial charge on any atom is -0.455 e. The molecule has 3 atom stereocenters. The van der Waals surface area contributed by atoms with E-state index in [1.165, 1.54) is 18.3 Å². The van der Waals surface area contributed by atoms with E-state index in [0.29, 0.717) is 29.8 Å². The summed E-state index contributed by atoms with van der Waals surface area (Å²) in [5.74, 6) is -0.420. The Morgan fingerprint density at radius 1 is 1.32 bits per heavy atom. The van der Waals surface area contributed by atoms with Gasteiger partial charge in [0.15, 0.2) is 12.4 Å². The fourth-order valence-corrected chi connectivity index (χ4v) is 4.33. The quantitative estimate of drug-likeness (QED) is 0.242. The SMILES string of the molecule is CC.CCCCC(=O)N(C)C(C)(OC)C(CC(OC(C)=O)c1nc(C=O)cs1)C(C)C. The van der Waals surface area contributed by atoms with Crippen LogP contribution in [0.25, 0.3) is 0 Å². The second kappa shape index (κ2) is 14.3. The van der Waals surface area contributed by atoms with E-state index in [0.717, 1.165) is 12.8 Å². The van der Waals surface area contributed by atoms with E-state index >= 15 is 0 Å². The molecular formula is C23H40N2O5S. The summed E-state index contributed by atoms with van der Waals surface area (Å²) in [7, 11) is 3.35. The highest BCUT2D eigenvalue weighted by Crippen LogP contribution is 2.39. The third kappa shape index (κ3) is 8.33. The lowest BCUT2D eigenvalue weighted by Crippen LogP contribution is -2.55. The molecule has 0 aliphatic heterocycles. The lowest BCUT2D eigenvalue weighted by Gasteiger charge is -2.46. The molecule has 0 aliphatic carbocycles. The molecule has 1 amide bonds. The smallest absolute Gasteiger partial charge is 0.303 e. The van der Waals surface area contributed by atoms with E-state index < -0.39 is 17.8 Å². The number of amides is 1. The van der Waals surface area contributed by atoms with Crippen LogP contribution in [0.3, 0.4) is 0 Å². The molecule has 1 aromatic rings. The van der Waals surface area contributed by atoms with Gasteiger partial charge in [-0.3, -0.25) is 14.4 Å². The summed E-state index contributed by atoms with van der Waals surface area (Å²) in [6, 6.07) is 0. The number of ether oxygens (including phenoxy) is 2. The van der Waals surface area contributed by atoms with Crippen molar-refractivity contribution in [3.8, 4) is 0 Å². The molecule has 0 radical (unpaired) electrons. The lowest BCUT2D eigenvalue weighted by molar-refractivity contribution is -0.186. The Balaban J connectivity index is 0.00000436. The van der Waals surface area contributed by atoms with Crippen LogP contribution in [0.5, 0.6) is 0 Å². The number of rotatable bonds is 12. The maximum atomic E-state index is 12.7. The van der Waals surface area contributed by atoms with Crippen LogP contribution in [0.2, 0.25) is 0 Å². The molecule has 0 aromatic carbocycles. The number of methoxy groups -OCH3 is 1. The molecule has 1 heterocycles. The second-order valence-corrected chi connectivity index (χ2v) is 8.62. The first-order valence-corrected chi connectivity index (χ1v) is 11.9. The molecule has 0 fully saturated rings. The van der Waals surface area contributed by atoms with Crippen LogP contribution < -0.4 is 0 Å². The Kier molecular flexibility index (Phi) is 13.5. The number of thiazole rings is 1. The summed E-state index contributed by atoms with van der Waals surface area (Å²) in [6.45, 7) is 13.4. The van der Waals surface area contributed by atoms with Gasteiger partial charge in [0.05, 0.1) is 0 Å². The summed E-state index contributed by atoms with van der Waals surface area (Å²) in [5, 5.41) is 2.20. The summed E-state index contributed by atoms with van der Waals surface area (Å²) >= 11 is 1.28. The number of aromatic nitrogens is 1. The molecule has 0 spiro atoms. The van der Waals surface area contributed by atoms with Gasteiger partial charge in [-0.05, 0) is 25.7 Å². The molecule has 3 unspecified atom stereocenters. The van der Waals surface area contributed by atoms with Gasteiger partial charge >= 0.3 is 5.97 Å². The van der Waals surface area contributed by atoms with Gasteiger partial charge in [-0.25, -0.2) is 4.98 Å². The van der Waals surface area contributed by atoms with Crippen molar-refractivity contribution >= 4 is 29.5 Å². The molecule has 178 valence electrons. The molecular weight excluding hydrogens is 416 g/mol. The Morgan fingerprint density at radius 3 is 2.35 bits per heavy atom. The Hall–Kier alpha value is -1.80. The summed E-state index contributed by atoms with van der Waals surface area (Å²) in [5.41, 5.74) is -0.577.